The number of aliphatic hydroxyl groups is 1. The molecule has 2 saturated heterocycles. The summed E-state index contributed by atoms with van der Waals surface area (Å²) in [6, 6.07) is 9.57. The number of rotatable bonds is 5. The van der Waals surface area contributed by atoms with Gasteiger partial charge in [-0.3, -0.25) is 9.80 Å². The fraction of sp³-hybridized carbons (Fsp3) is 0.400. The van der Waals surface area contributed by atoms with Gasteiger partial charge in [0.1, 0.15) is 6.10 Å². The number of hydrogen-bond donors (Lipinski definition) is 2. The van der Waals surface area contributed by atoms with Crippen LogP contribution in [-0.4, -0.2) is 91.5 Å². The summed E-state index contributed by atoms with van der Waals surface area (Å²) in [5, 5.41) is 18.6. The minimum Gasteiger partial charge on any atom is -0.382 e. The lowest BCUT2D eigenvalue weighted by molar-refractivity contribution is -0.142. The molecule has 2 heterocycles. The van der Waals surface area contributed by atoms with Gasteiger partial charge < -0.3 is 15.3 Å². The predicted octanol–water partition coefficient (Wildman–Crippen LogP) is 0.712. The van der Waals surface area contributed by atoms with E-state index >= 15 is 0 Å². The van der Waals surface area contributed by atoms with Gasteiger partial charge in [-0.15, -0.1) is 0 Å². The highest BCUT2D eigenvalue weighted by molar-refractivity contribution is 7.91. The maximum absolute atomic E-state index is 12.8. The Balaban J connectivity index is 1.39. The minimum absolute atomic E-state index is 0.0408. The number of carbonyl (C=O) groups is 2. The van der Waals surface area contributed by atoms with E-state index < -0.39 is 27.6 Å². The summed E-state index contributed by atoms with van der Waals surface area (Å²) in [6.45, 7) is 2.63. The smallest absolute Gasteiger partial charge is 0.332 e. The number of urea groups is 1. The molecule has 0 spiro atoms. The highest BCUT2D eigenvalue weighted by Crippen LogP contribution is 2.23. The van der Waals surface area contributed by atoms with Crippen LogP contribution in [0.3, 0.4) is 0 Å². The van der Waals surface area contributed by atoms with Crippen molar-refractivity contribution in [2.24, 2.45) is 0 Å². The van der Waals surface area contributed by atoms with E-state index in [4.69, 9.17) is 11.6 Å². The van der Waals surface area contributed by atoms with Crippen LogP contribution in [0.5, 0.6) is 0 Å². The topological polar surface area (TPSA) is 110 Å². The average Bonchev–Trinajstić information content (AvgIpc) is 3.18. The van der Waals surface area contributed by atoms with Crippen molar-refractivity contribution in [2.75, 3.05) is 45.0 Å². The molecule has 1 atom stereocenters. The van der Waals surface area contributed by atoms with E-state index in [-0.39, 0.29) is 10.9 Å². The molecule has 4 rings (SSSR count). The number of nitrogens with zero attached hydrogens (tertiary/aromatic N) is 3. The van der Waals surface area contributed by atoms with Crippen molar-refractivity contribution in [3.8, 4) is 0 Å². The Labute approximate surface area is 185 Å². The number of carbonyl (C=O) groups excluding carboxylic acids is 2. The van der Waals surface area contributed by atoms with Crippen LogP contribution in [0.2, 0.25) is 5.02 Å². The van der Waals surface area contributed by atoms with Crippen LogP contribution in [0, 0.1) is 0 Å². The first-order valence-electron chi connectivity index (χ1n) is 9.94. The zero-order valence-electron chi connectivity index (χ0n) is 16.7. The lowest BCUT2D eigenvalue weighted by Gasteiger charge is -2.39. The predicted molar refractivity (Wildman–Crippen MR) is 115 cm³/mol. The number of piperazine rings is 1. The normalized spacial score (nSPS) is 19.0. The number of amides is 3. The maximum atomic E-state index is 12.8. The van der Waals surface area contributed by atoms with Gasteiger partial charge >= 0.3 is 6.03 Å². The first-order chi connectivity index (χ1) is 14.7. The summed E-state index contributed by atoms with van der Waals surface area (Å²) in [5.41, 5.74) is 0. The van der Waals surface area contributed by atoms with Crippen LogP contribution in [-0.2, 0) is 14.6 Å². The molecule has 0 bridgehead atoms. The van der Waals surface area contributed by atoms with E-state index in [0.29, 0.717) is 49.7 Å². The van der Waals surface area contributed by atoms with Crippen LogP contribution in [0.1, 0.15) is 0 Å². The van der Waals surface area contributed by atoms with Crippen molar-refractivity contribution in [3.05, 3.63) is 41.4 Å². The average molecular weight is 467 g/mol. The Morgan fingerprint density at radius 1 is 1.06 bits per heavy atom. The molecule has 9 nitrogen and oxygen atoms in total. The van der Waals surface area contributed by atoms with Gasteiger partial charge in [-0.25, -0.2) is 18.2 Å². The van der Waals surface area contributed by atoms with Gasteiger partial charge in [0, 0.05) is 37.7 Å². The number of fused-ring (bicyclic) bond motifs is 1. The van der Waals surface area contributed by atoms with Gasteiger partial charge in [0.15, 0.2) is 9.84 Å². The van der Waals surface area contributed by atoms with Gasteiger partial charge in [-0.05, 0) is 35.0 Å². The SMILES string of the molecule is O=C(C(O)CS(=O)(=O)c1ccc2cc(Cl)ccc2c1)N1CCN(N2CCNC2=O)CC1. The summed E-state index contributed by atoms with van der Waals surface area (Å²) in [7, 11) is -3.88. The molecule has 2 aromatic carbocycles. The van der Waals surface area contributed by atoms with E-state index in [1.807, 2.05) is 5.01 Å². The van der Waals surface area contributed by atoms with Crippen LogP contribution < -0.4 is 5.32 Å². The number of halogens is 1. The Morgan fingerprint density at radius 2 is 1.74 bits per heavy atom. The fourth-order valence-corrected chi connectivity index (χ4v) is 5.38. The Hall–Kier alpha value is -2.40. The number of benzene rings is 2. The van der Waals surface area contributed by atoms with Crippen LogP contribution >= 0.6 is 11.6 Å². The zero-order chi connectivity index (χ0) is 22.2. The Morgan fingerprint density at radius 3 is 2.42 bits per heavy atom. The monoisotopic (exact) mass is 466 g/mol. The van der Waals surface area contributed by atoms with E-state index in [9.17, 15) is 23.1 Å². The van der Waals surface area contributed by atoms with Crippen molar-refractivity contribution >= 4 is 44.1 Å². The summed E-state index contributed by atoms with van der Waals surface area (Å²) in [5.74, 6) is -1.32. The fourth-order valence-electron chi connectivity index (χ4n) is 3.86. The Kier molecular flexibility index (Phi) is 6.07. The van der Waals surface area contributed by atoms with Gasteiger partial charge in [0.25, 0.3) is 5.91 Å². The molecule has 11 heteroatoms. The molecule has 31 heavy (non-hydrogen) atoms. The second-order valence-corrected chi connectivity index (χ2v) is 10.1. The highest BCUT2D eigenvalue weighted by Gasteiger charge is 2.33. The molecule has 0 aromatic heterocycles. The summed E-state index contributed by atoms with van der Waals surface area (Å²) >= 11 is 5.96. The lowest BCUT2D eigenvalue weighted by Crippen LogP contribution is -2.57. The number of hydrogen-bond acceptors (Lipinski definition) is 6. The summed E-state index contributed by atoms with van der Waals surface area (Å²) < 4.78 is 25.6. The van der Waals surface area contributed by atoms with E-state index in [1.165, 1.54) is 17.0 Å². The molecular weight excluding hydrogens is 444 g/mol. The number of nitrogens with one attached hydrogen (secondary N) is 1. The number of sulfone groups is 1. The van der Waals surface area contributed by atoms with Crippen molar-refractivity contribution < 1.29 is 23.1 Å². The van der Waals surface area contributed by atoms with E-state index in [2.05, 4.69) is 5.32 Å². The third-order valence-electron chi connectivity index (χ3n) is 5.54. The molecule has 2 aliphatic heterocycles. The second-order valence-electron chi connectivity index (χ2n) is 7.58. The molecular formula is C20H23ClN4O5S. The van der Waals surface area contributed by atoms with Crippen LogP contribution in [0.15, 0.2) is 41.3 Å². The zero-order valence-corrected chi connectivity index (χ0v) is 18.3. The molecule has 1 unspecified atom stereocenters. The number of hydrazine groups is 1. The lowest BCUT2D eigenvalue weighted by atomic mass is 10.1. The van der Waals surface area contributed by atoms with Gasteiger partial charge in [0.05, 0.1) is 17.2 Å². The number of aliphatic hydroxyl groups excluding tert-OH is 1. The van der Waals surface area contributed by atoms with Gasteiger partial charge in [-0.2, -0.15) is 0 Å². The summed E-state index contributed by atoms with van der Waals surface area (Å²) in [4.78, 5) is 25.9. The van der Waals surface area contributed by atoms with Gasteiger partial charge in [0.2, 0.25) is 0 Å². The van der Waals surface area contributed by atoms with Crippen LogP contribution in [0.4, 0.5) is 4.79 Å². The van der Waals surface area contributed by atoms with Crippen molar-refractivity contribution in [3.63, 3.8) is 0 Å². The molecule has 2 aliphatic rings. The second kappa shape index (κ2) is 8.62. The standard InChI is InChI=1S/C20H23ClN4O5S/c21-16-3-1-15-12-17(4-2-14(15)11-16)31(29,30)13-18(26)19(27)23-7-9-24(10-8-23)25-6-5-22-20(25)28/h1-4,11-12,18,26H,5-10,13H2,(H,22,28). The Bertz CT molecular complexity index is 1120. The van der Waals surface area contributed by atoms with Crippen molar-refractivity contribution in [1.82, 2.24) is 20.2 Å². The molecule has 0 radical (unpaired) electrons. The third kappa shape index (κ3) is 4.62. The molecule has 0 saturated carbocycles. The first-order valence-corrected chi connectivity index (χ1v) is 12.0. The quantitative estimate of drug-likeness (QED) is 0.671. The minimum atomic E-state index is -3.88. The first kappa shape index (κ1) is 21.8. The largest absolute Gasteiger partial charge is 0.382 e. The molecule has 2 fully saturated rings. The van der Waals surface area contributed by atoms with E-state index in [1.54, 1.807) is 29.3 Å². The van der Waals surface area contributed by atoms with E-state index in [0.717, 1.165) is 5.39 Å². The molecule has 3 amide bonds. The maximum Gasteiger partial charge on any atom is 0.332 e. The highest BCUT2D eigenvalue weighted by atomic mass is 35.5. The van der Waals surface area contributed by atoms with Crippen LogP contribution in [0.25, 0.3) is 10.8 Å². The molecule has 2 aromatic rings. The molecule has 2 N–H and O–H groups in total. The third-order valence-corrected chi connectivity index (χ3v) is 7.50. The molecule has 166 valence electrons. The van der Waals surface area contributed by atoms with Crippen molar-refractivity contribution in [2.45, 2.75) is 11.0 Å². The van der Waals surface area contributed by atoms with Gasteiger partial charge in [-0.1, -0.05) is 23.7 Å². The molecule has 0 aliphatic carbocycles. The van der Waals surface area contributed by atoms with Crippen molar-refractivity contribution in [1.29, 1.82) is 0 Å². The summed E-state index contributed by atoms with van der Waals surface area (Å²) in [6.07, 6.45) is -1.66.